The number of rotatable bonds is 4. The molecule has 1 heterocycles. The first-order chi connectivity index (χ1) is 8.11. The molecule has 1 aliphatic carbocycles. The van der Waals surface area contributed by atoms with Gasteiger partial charge < -0.3 is 10.4 Å². The summed E-state index contributed by atoms with van der Waals surface area (Å²) in [6.45, 7) is 3.15. The minimum Gasteiger partial charge on any atom is -0.390 e. The lowest BCUT2D eigenvalue weighted by Crippen LogP contribution is -2.42. The summed E-state index contributed by atoms with van der Waals surface area (Å²) in [5.41, 5.74) is 0.617. The van der Waals surface area contributed by atoms with E-state index in [1.54, 1.807) is 4.68 Å². The van der Waals surface area contributed by atoms with Gasteiger partial charge in [-0.05, 0) is 37.8 Å². The van der Waals surface area contributed by atoms with E-state index in [1.807, 2.05) is 19.4 Å². The molecule has 0 aromatic carbocycles. The largest absolute Gasteiger partial charge is 0.390 e. The molecule has 1 saturated carbocycles. The first-order valence-electron chi connectivity index (χ1n) is 6.54. The maximum absolute atomic E-state index is 10.6. The van der Waals surface area contributed by atoms with Gasteiger partial charge in [-0.25, -0.2) is 0 Å². The van der Waals surface area contributed by atoms with Gasteiger partial charge in [0, 0.05) is 25.7 Å². The summed E-state index contributed by atoms with van der Waals surface area (Å²) in [4.78, 5) is 0. The van der Waals surface area contributed by atoms with Crippen LogP contribution in [0, 0.1) is 0 Å². The summed E-state index contributed by atoms with van der Waals surface area (Å²) >= 11 is 0. The summed E-state index contributed by atoms with van der Waals surface area (Å²) in [6.07, 6.45) is 8.51. The Morgan fingerprint density at radius 3 is 2.76 bits per heavy atom. The van der Waals surface area contributed by atoms with Crippen molar-refractivity contribution in [2.45, 2.75) is 50.7 Å². The topological polar surface area (TPSA) is 50.1 Å². The van der Waals surface area contributed by atoms with E-state index in [0.717, 1.165) is 44.2 Å². The van der Waals surface area contributed by atoms with Gasteiger partial charge in [-0.3, -0.25) is 4.68 Å². The minimum atomic E-state index is -0.519. The first kappa shape index (κ1) is 12.6. The number of aromatic nitrogens is 2. The Morgan fingerprint density at radius 2 is 2.24 bits per heavy atom. The van der Waals surface area contributed by atoms with Gasteiger partial charge in [-0.1, -0.05) is 6.92 Å². The van der Waals surface area contributed by atoms with E-state index in [0.29, 0.717) is 6.04 Å². The molecule has 1 fully saturated rings. The zero-order chi connectivity index (χ0) is 12.3. The zero-order valence-electron chi connectivity index (χ0n) is 10.8. The van der Waals surface area contributed by atoms with Gasteiger partial charge in [-0.2, -0.15) is 5.10 Å². The Morgan fingerprint density at radius 1 is 1.53 bits per heavy atom. The van der Waals surface area contributed by atoms with E-state index in [1.165, 1.54) is 0 Å². The van der Waals surface area contributed by atoms with Crippen LogP contribution in [0.5, 0.6) is 0 Å². The van der Waals surface area contributed by atoms with Crippen LogP contribution in [0.3, 0.4) is 0 Å². The van der Waals surface area contributed by atoms with Gasteiger partial charge in [0.05, 0.1) is 11.8 Å². The second-order valence-corrected chi connectivity index (χ2v) is 5.26. The SMILES string of the molecule is CCNC1CCC(O)(Cc2cnn(C)c2)CC1. The van der Waals surface area contributed by atoms with E-state index < -0.39 is 5.60 Å². The van der Waals surface area contributed by atoms with Crippen LogP contribution in [0.25, 0.3) is 0 Å². The average Bonchev–Trinajstić information content (AvgIpc) is 2.68. The van der Waals surface area contributed by atoms with Crippen LogP contribution in [0.4, 0.5) is 0 Å². The highest BCUT2D eigenvalue weighted by atomic mass is 16.3. The lowest BCUT2D eigenvalue weighted by atomic mass is 9.79. The van der Waals surface area contributed by atoms with Crippen molar-refractivity contribution >= 4 is 0 Å². The minimum absolute atomic E-state index is 0.519. The number of aliphatic hydroxyl groups is 1. The van der Waals surface area contributed by atoms with E-state index in [9.17, 15) is 5.11 Å². The molecule has 0 atom stereocenters. The Hall–Kier alpha value is -0.870. The number of hydrogen-bond acceptors (Lipinski definition) is 3. The standard InChI is InChI=1S/C13H23N3O/c1-3-14-12-4-6-13(17,7-5-12)8-11-9-15-16(2)10-11/h9-10,12,14,17H,3-8H2,1-2H3. The lowest BCUT2D eigenvalue weighted by molar-refractivity contribution is -0.00295. The Bertz CT molecular complexity index is 353. The molecule has 0 unspecified atom stereocenters. The highest BCUT2D eigenvalue weighted by molar-refractivity contribution is 5.09. The van der Waals surface area contributed by atoms with Gasteiger partial charge in [-0.15, -0.1) is 0 Å². The van der Waals surface area contributed by atoms with Crippen molar-refractivity contribution in [3.8, 4) is 0 Å². The summed E-state index contributed by atoms with van der Waals surface area (Å²) in [7, 11) is 1.91. The molecular formula is C13H23N3O. The quantitative estimate of drug-likeness (QED) is 0.828. The van der Waals surface area contributed by atoms with Gasteiger partial charge in [0.15, 0.2) is 0 Å². The molecule has 2 N–H and O–H groups in total. The normalized spacial score (nSPS) is 29.5. The third-order valence-corrected chi connectivity index (χ3v) is 3.70. The molecule has 0 radical (unpaired) electrons. The monoisotopic (exact) mass is 237 g/mol. The van der Waals surface area contributed by atoms with E-state index in [-0.39, 0.29) is 0 Å². The second kappa shape index (κ2) is 5.19. The van der Waals surface area contributed by atoms with Gasteiger partial charge in [0.1, 0.15) is 0 Å². The predicted molar refractivity (Wildman–Crippen MR) is 67.8 cm³/mol. The van der Waals surface area contributed by atoms with E-state index in [4.69, 9.17) is 0 Å². The third-order valence-electron chi connectivity index (χ3n) is 3.70. The number of nitrogens with zero attached hydrogens (tertiary/aromatic N) is 2. The van der Waals surface area contributed by atoms with Crippen LogP contribution in [0.2, 0.25) is 0 Å². The number of nitrogens with one attached hydrogen (secondary N) is 1. The Balaban J connectivity index is 1.89. The summed E-state index contributed by atoms with van der Waals surface area (Å²) in [6, 6.07) is 0.592. The number of hydrogen-bond donors (Lipinski definition) is 2. The Labute approximate surface area is 103 Å². The van der Waals surface area contributed by atoms with Crippen molar-refractivity contribution in [2.75, 3.05) is 6.54 Å². The smallest absolute Gasteiger partial charge is 0.0690 e. The fourth-order valence-electron chi connectivity index (χ4n) is 2.77. The second-order valence-electron chi connectivity index (χ2n) is 5.26. The van der Waals surface area contributed by atoms with Gasteiger partial charge in [0.2, 0.25) is 0 Å². The highest BCUT2D eigenvalue weighted by Gasteiger charge is 2.33. The zero-order valence-corrected chi connectivity index (χ0v) is 10.8. The molecule has 0 spiro atoms. The molecule has 0 aliphatic heterocycles. The van der Waals surface area contributed by atoms with Crippen LogP contribution in [-0.2, 0) is 13.5 Å². The molecule has 96 valence electrons. The molecule has 2 rings (SSSR count). The van der Waals surface area contributed by atoms with Crippen molar-refractivity contribution in [3.05, 3.63) is 18.0 Å². The van der Waals surface area contributed by atoms with Crippen molar-refractivity contribution in [3.63, 3.8) is 0 Å². The van der Waals surface area contributed by atoms with Gasteiger partial charge >= 0.3 is 0 Å². The molecule has 1 aromatic heterocycles. The van der Waals surface area contributed by atoms with Crippen molar-refractivity contribution in [2.24, 2.45) is 7.05 Å². The molecule has 1 aliphatic rings. The summed E-state index contributed by atoms with van der Waals surface area (Å²) < 4.78 is 1.79. The summed E-state index contributed by atoms with van der Waals surface area (Å²) in [5, 5.41) is 18.2. The lowest BCUT2D eigenvalue weighted by Gasteiger charge is -2.36. The predicted octanol–water partition coefficient (Wildman–Crippen LogP) is 1.25. The third kappa shape index (κ3) is 3.30. The molecular weight excluding hydrogens is 214 g/mol. The van der Waals surface area contributed by atoms with Crippen LogP contribution >= 0.6 is 0 Å². The first-order valence-corrected chi connectivity index (χ1v) is 6.54. The van der Waals surface area contributed by atoms with E-state index >= 15 is 0 Å². The molecule has 1 aromatic rings. The maximum Gasteiger partial charge on any atom is 0.0690 e. The van der Waals surface area contributed by atoms with Crippen LogP contribution in [0.15, 0.2) is 12.4 Å². The maximum atomic E-state index is 10.6. The molecule has 4 heteroatoms. The van der Waals surface area contributed by atoms with E-state index in [2.05, 4.69) is 17.3 Å². The fourth-order valence-corrected chi connectivity index (χ4v) is 2.77. The fraction of sp³-hybridized carbons (Fsp3) is 0.769. The molecule has 0 saturated heterocycles. The molecule has 0 bridgehead atoms. The Kier molecular flexibility index (Phi) is 3.84. The van der Waals surface area contributed by atoms with Crippen molar-refractivity contribution in [1.82, 2.24) is 15.1 Å². The number of aryl methyl sites for hydroxylation is 1. The highest BCUT2D eigenvalue weighted by Crippen LogP contribution is 2.31. The molecule has 17 heavy (non-hydrogen) atoms. The molecule has 4 nitrogen and oxygen atoms in total. The van der Waals surface area contributed by atoms with Crippen LogP contribution < -0.4 is 5.32 Å². The van der Waals surface area contributed by atoms with Crippen molar-refractivity contribution in [1.29, 1.82) is 0 Å². The van der Waals surface area contributed by atoms with Crippen LogP contribution in [-0.4, -0.2) is 33.1 Å². The average molecular weight is 237 g/mol. The van der Waals surface area contributed by atoms with Crippen molar-refractivity contribution < 1.29 is 5.11 Å². The van der Waals surface area contributed by atoms with Crippen LogP contribution in [0.1, 0.15) is 38.2 Å². The molecule has 0 amide bonds. The van der Waals surface area contributed by atoms with Gasteiger partial charge in [0.25, 0.3) is 0 Å². The summed E-state index contributed by atoms with van der Waals surface area (Å²) in [5.74, 6) is 0.